The molecule has 0 spiro atoms. The third-order valence-corrected chi connectivity index (χ3v) is 4.30. The molecule has 1 heterocycles. The topological polar surface area (TPSA) is 32.3 Å². The number of amides is 1. The predicted octanol–water partition coefficient (Wildman–Crippen LogP) is 2.02. The molecular weight excluding hydrogens is 212 g/mol. The van der Waals surface area contributed by atoms with E-state index in [4.69, 9.17) is 0 Å². The van der Waals surface area contributed by atoms with Gasteiger partial charge in [0.15, 0.2) is 0 Å². The number of piperidine rings is 1. The first-order valence-electron chi connectivity index (χ1n) is 7.07. The van der Waals surface area contributed by atoms with Gasteiger partial charge in [0.05, 0.1) is 0 Å². The van der Waals surface area contributed by atoms with Gasteiger partial charge in [0, 0.05) is 25.0 Å². The zero-order valence-electron chi connectivity index (χ0n) is 11.5. The van der Waals surface area contributed by atoms with Gasteiger partial charge in [-0.2, -0.15) is 0 Å². The zero-order chi connectivity index (χ0) is 12.5. The molecule has 0 radical (unpaired) electrons. The van der Waals surface area contributed by atoms with Crippen molar-refractivity contribution in [2.24, 2.45) is 11.3 Å². The molecule has 1 aliphatic carbocycles. The van der Waals surface area contributed by atoms with Gasteiger partial charge in [0.25, 0.3) is 0 Å². The summed E-state index contributed by atoms with van der Waals surface area (Å²) in [6, 6.07) is 0.631. The lowest BCUT2D eigenvalue weighted by Gasteiger charge is -2.33. The van der Waals surface area contributed by atoms with Crippen molar-refractivity contribution in [2.45, 2.75) is 52.5 Å². The molecule has 98 valence electrons. The highest BCUT2D eigenvalue weighted by atomic mass is 16.2. The molecule has 0 aromatic rings. The molecule has 1 aliphatic heterocycles. The van der Waals surface area contributed by atoms with E-state index in [1.807, 2.05) is 0 Å². The fraction of sp³-hybridized carbons (Fsp3) is 0.929. The summed E-state index contributed by atoms with van der Waals surface area (Å²) < 4.78 is 0. The molecule has 2 fully saturated rings. The normalized spacial score (nSPS) is 28.2. The Morgan fingerprint density at radius 2 is 1.94 bits per heavy atom. The first-order valence-corrected chi connectivity index (χ1v) is 7.07. The predicted molar refractivity (Wildman–Crippen MR) is 69.8 cm³/mol. The molecule has 2 rings (SSSR count). The maximum atomic E-state index is 12.2. The van der Waals surface area contributed by atoms with E-state index in [2.05, 4.69) is 31.0 Å². The SMILES string of the molecule is CCCNC1CCN(C(=O)C2CC2(C)C)CC1. The Morgan fingerprint density at radius 1 is 1.35 bits per heavy atom. The average molecular weight is 238 g/mol. The lowest BCUT2D eigenvalue weighted by atomic mass is 10.0. The summed E-state index contributed by atoms with van der Waals surface area (Å²) >= 11 is 0. The lowest BCUT2D eigenvalue weighted by Crippen LogP contribution is -2.45. The van der Waals surface area contributed by atoms with Crippen LogP contribution in [0.15, 0.2) is 0 Å². The quantitative estimate of drug-likeness (QED) is 0.812. The van der Waals surface area contributed by atoms with Crippen LogP contribution < -0.4 is 5.32 Å². The van der Waals surface area contributed by atoms with E-state index >= 15 is 0 Å². The van der Waals surface area contributed by atoms with Crippen LogP contribution >= 0.6 is 0 Å². The van der Waals surface area contributed by atoms with Crippen LogP contribution in [0.1, 0.15) is 46.5 Å². The van der Waals surface area contributed by atoms with Crippen molar-refractivity contribution in [3.05, 3.63) is 0 Å². The summed E-state index contributed by atoms with van der Waals surface area (Å²) in [5.74, 6) is 0.714. The maximum absolute atomic E-state index is 12.2. The fourth-order valence-corrected chi connectivity index (χ4v) is 2.76. The second kappa shape index (κ2) is 4.97. The summed E-state index contributed by atoms with van der Waals surface area (Å²) in [4.78, 5) is 14.3. The van der Waals surface area contributed by atoms with E-state index in [1.54, 1.807) is 0 Å². The number of carbonyl (C=O) groups is 1. The van der Waals surface area contributed by atoms with Crippen molar-refractivity contribution in [3.8, 4) is 0 Å². The minimum Gasteiger partial charge on any atom is -0.342 e. The van der Waals surface area contributed by atoms with E-state index < -0.39 is 0 Å². The first kappa shape index (κ1) is 12.9. The molecule has 0 aromatic carbocycles. The third-order valence-electron chi connectivity index (χ3n) is 4.30. The van der Waals surface area contributed by atoms with Gasteiger partial charge in [-0.25, -0.2) is 0 Å². The highest BCUT2D eigenvalue weighted by Gasteiger charge is 2.52. The van der Waals surface area contributed by atoms with Gasteiger partial charge < -0.3 is 10.2 Å². The lowest BCUT2D eigenvalue weighted by molar-refractivity contribution is -0.134. The fourth-order valence-electron chi connectivity index (χ4n) is 2.76. The summed E-state index contributed by atoms with van der Waals surface area (Å²) in [5, 5.41) is 3.55. The van der Waals surface area contributed by atoms with Crippen LogP contribution in [-0.4, -0.2) is 36.5 Å². The van der Waals surface area contributed by atoms with Gasteiger partial charge in [-0.1, -0.05) is 20.8 Å². The molecule has 1 amide bonds. The average Bonchev–Trinajstić information content (AvgIpc) is 2.95. The molecule has 1 saturated heterocycles. The number of hydrogen-bond acceptors (Lipinski definition) is 2. The zero-order valence-corrected chi connectivity index (χ0v) is 11.5. The Balaban J connectivity index is 1.74. The first-order chi connectivity index (χ1) is 8.04. The molecule has 1 unspecified atom stereocenters. The number of nitrogens with one attached hydrogen (secondary N) is 1. The van der Waals surface area contributed by atoms with Crippen LogP contribution in [-0.2, 0) is 4.79 Å². The molecular formula is C14H26N2O. The summed E-state index contributed by atoms with van der Waals surface area (Å²) in [5.41, 5.74) is 0.272. The summed E-state index contributed by atoms with van der Waals surface area (Å²) in [6.45, 7) is 9.60. The third kappa shape index (κ3) is 3.01. The highest BCUT2D eigenvalue weighted by molar-refractivity contribution is 5.82. The number of nitrogens with zero attached hydrogens (tertiary/aromatic N) is 1. The number of carbonyl (C=O) groups excluding carboxylic acids is 1. The minimum atomic E-state index is 0.272. The molecule has 1 saturated carbocycles. The highest BCUT2D eigenvalue weighted by Crippen LogP contribution is 2.52. The standard InChI is InChI=1S/C14H26N2O/c1-4-7-15-11-5-8-16(9-6-11)13(17)12-10-14(12,2)3/h11-12,15H,4-10H2,1-3H3. The second-order valence-corrected chi connectivity index (χ2v) is 6.30. The summed E-state index contributed by atoms with van der Waals surface area (Å²) in [7, 11) is 0. The Labute approximate surface area is 105 Å². The van der Waals surface area contributed by atoms with E-state index in [9.17, 15) is 4.79 Å². The monoisotopic (exact) mass is 238 g/mol. The van der Waals surface area contributed by atoms with Gasteiger partial charge in [0.2, 0.25) is 5.91 Å². The van der Waals surface area contributed by atoms with Crippen LogP contribution in [0, 0.1) is 11.3 Å². The molecule has 1 atom stereocenters. The number of hydrogen-bond donors (Lipinski definition) is 1. The smallest absolute Gasteiger partial charge is 0.226 e. The molecule has 1 N–H and O–H groups in total. The Kier molecular flexibility index (Phi) is 3.76. The largest absolute Gasteiger partial charge is 0.342 e. The molecule has 2 aliphatic rings. The van der Waals surface area contributed by atoms with Crippen molar-refractivity contribution < 1.29 is 4.79 Å². The molecule has 0 bridgehead atoms. The van der Waals surface area contributed by atoms with Gasteiger partial charge in [-0.3, -0.25) is 4.79 Å². The van der Waals surface area contributed by atoms with Gasteiger partial charge in [0.1, 0.15) is 0 Å². The number of likely N-dealkylation sites (tertiary alicyclic amines) is 1. The molecule has 0 aromatic heterocycles. The van der Waals surface area contributed by atoms with Crippen molar-refractivity contribution in [2.75, 3.05) is 19.6 Å². The van der Waals surface area contributed by atoms with E-state index in [0.717, 1.165) is 38.9 Å². The van der Waals surface area contributed by atoms with Crippen molar-refractivity contribution in [1.29, 1.82) is 0 Å². The van der Waals surface area contributed by atoms with E-state index in [-0.39, 0.29) is 5.41 Å². The van der Waals surface area contributed by atoms with Crippen LogP contribution in [0.3, 0.4) is 0 Å². The van der Waals surface area contributed by atoms with Gasteiger partial charge in [-0.05, 0) is 37.6 Å². The van der Waals surface area contributed by atoms with E-state index in [1.165, 1.54) is 6.42 Å². The van der Waals surface area contributed by atoms with Crippen molar-refractivity contribution in [3.63, 3.8) is 0 Å². The van der Waals surface area contributed by atoms with Crippen molar-refractivity contribution in [1.82, 2.24) is 10.2 Å². The van der Waals surface area contributed by atoms with Crippen LogP contribution in [0.2, 0.25) is 0 Å². The Bertz CT molecular complexity index is 280. The Hall–Kier alpha value is -0.570. The minimum absolute atomic E-state index is 0.272. The van der Waals surface area contributed by atoms with Gasteiger partial charge in [-0.15, -0.1) is 0 Å². The van der Waals surface area contributed by atoms with Gasteiger partial charge >= 0.3 is 0 Å². The van der Waals surface area contributed by atoms with Crippen LogP contribution in [0.25, 0.3) is 0 Å². The van der Waals surface area contributed by atoms with Crippen LogP contribution in [0.5, 0.6) is 0 Å². The summed E-state index contributed by atoms with van der Waals surface area (Å²) in [6.07, 6.45) is 4.52. The number of rotatable bonds is 4. The maximum Gasteiger partial charge on any atom is 0.226 e. The Morgan fingerprint density at radius 3 is 2.41 bits per heavy atom. The second-order valence-electron chi connectivity index (χ2n) is 6.30. The molecule has 3 nitrogen and oxygen atoms in total. The van der Waals surface area contributed by atoms with Crippen molar-refractivity contribution >= 4 is 5.91 Å². The molecule has 3 heteroatoms. The van der Waals surface area contributed by atoms with E-state index in [0.29, 0.717) is 17.9 Å². The molecule has 17 heavy (non-hydrogen) atoms. The van der Waals surface area contributed by atoms with Crippen LogP contribution in [0.4, 0.5) is 0 Å².